The number of alkyl halides is 2. The van der Waals surface area contributed by atoms with Gasteiger partial charge in [0.05, 0.1) is 5.92 Å². The Morgan fingerprint density at radius 2 is 1.16 bits per heavy atom. The van der Waals surface area contributed by atoms with Crippen molar-refractivity contribution in [2.75, 3.05) is 5.75 Å². The fraction of sp³-hybridized carbons (Fsp3) is 0.400. The maximum atomic E-state index is 16.4. The molecule has 194 valence electrons. The minimum absolute atomic E-state index is 0.293. The van der Waals surface area contributed by atoms with Crippen LogP contribution in [0.5, 0.6) is 0 Å². The van der Waals surface area contributed by atoms with Crippen LogP contribution in [0.25, 0.3) is 0 Å². The van der Waals surface area contributed by atoms with Crippen LogP contribution in [0.1, 0.15) is 32.1 Å². The lowest BCUT2D eigenvalue weighted by atomic mass is 9.50. The van der Waals surface area contributed by atoms with Crippen LogP contribution in [0, 0.1) is 23.7 Å². The first-order valence-corrected chi connectivity index (χ1v) is 16.4. The summed E-state index contributed by atoms with van der Waals surface area (Å²) in [5.74, 6) is -6.03. The van der Waals surface area contributed by atoms with Crippen molar-refractivity contribution in [3.63, 3.8) is 0 Å². The Labute approximate surface area is 218 Å². The summed E-state index contributed by atoms with van der Waals surface area (Å²) in [5, 5.41) is 2.28. The zero-order valence-electron chi connectivity index (χ0n) is 20.5. The van der Waals surface area contributed by atoms with E-state index in [-0.39, 0.29) is 5.92 Å². The van der Waals surface area contributed by atoms with Gasteiger partial charge in [0.25, 0.3) is 5.92 Å². The van der Waals surface area contributed by atoms with Crippen molar-refractivity contribution >= 4 is 33.3 Å². The van der Waals surface area contributed by atoms with Gasteiger partial charge in [-0.1, -0.05) is 54.6 Å². The first-order valence-electron chi connectivity index (χ1n) is 13.0. The van der Waals surface area contributed by atoms with Gasteiger partial charge in [-0.15, -0.1) is 0 Å². The minimum Gasteiger partial charge on any atom is -0.748 e. The van der Waals surface area contributed by atoms with Crippen LogP contribution < -0.4 is 15.9 Å². The van der Waals surface area contributed by atoms with Gasteiger partial charge in [0.2, 0.25) is 0 Å². The van der Waals surface area contributed by atoms with E-state index in [0.717, 1.165) is 22.3 Å². The zero-order valence-corrected chi connectivity index (χ0v) is 22.3. The maximum Gasteiger partial charge on any atom is 0.267 e. The average Bonchev–Trinajstić information content (AvgIpc) is 2.84. The van der Waals surface area contributed by atoms with Gasteiger partial charge >= 0.3 is 0 Å². The Balaban J connectivity index is 1.72. The fourth-order valence-electron chi connectivity index (χ4n) is 8.72. The lowest BCUT2D eigenvalue weighted by Gasteiger charge is -2.64. The van der Waals surface area contributed by atoms with Gasteiger partial charge < -0.3 is 4.55 Å². The highest BCUT2D eigenvalue weighted by atomic mass is 32.2. The number of rotatable bonds is 7. The Bertz CT molecular complexity index is 1260. The molecule has 0 aromatic heterocycles. The van der Waals surface area contributed by atoms with Crippen LogP contribution in [-0.2, 0) is 10.1 Å². The molecule has 4 aliphatic carbocycles. The standard InChI is InChI=1S/C30H31F2O3PS/c31-30(32,21-37(33,34)35)28-24-17-22-16-23(18-24)20-29(28,19-22)36(25-10-4-1-5-11-25,26-12-6-2-7-13-26)27-14-8-3-9-15-27/h1-15,22-24,28H,16-21H2. The average molecular weight is 541 g/mol. The SMILES string of the molecule is O=S(=O)([O-])CC(F)(F)C1C2CC3CC(C2)CC1([P+](c1ccccc1)(c1ccccc1)c1ccccc1)C3. The summed E-state index contributed by atoms with van der Waals surface area (Å²) in [7, 11) is -7.87. The number of hydrogen-bond donors (Lipinski definition) is 0. The lowest BCUT2D eigenvalue weighted by Crippen LogP contribution is -2.67. The molecule has 0 aliphatic heterocycles. The highest BCUT2D eigenvalue weighted by molar-refractivity contribution is 7.97. The van der Waals surface area contributed by atoms with Crippen molar-refractivity contribution in [1.29, 1.82) is 0 Å². The minimum atomic E-state index is -5.12. The van der Waals surface area contributed by atoms with Gasteiger partial charge in [-0.3, -0.25) is 0 Å². The second-order valence-electron chi connectivity index (χ2n) is 11.3. The third-order valence-electron chi connectivity index (χ3n) is 9.20. The third kappa shape index (κ3) is 3.99. The molecule has 7 rings (SSSR count). The molecule has 3 unspecified atom stereocenters. The normalized spacial score (nSPS) is 29.4. The Hall–Kier alpha value is -2.14. The van der Waals surface area contributed by atoms with Gasteiger partial charge in [-0.2, -0.15) is 0 Å². The van der Waals surface area contributed by atoms with Crippen molar-refractivity contribution in [1.82, 2.24) is 0 Å². The van der Waals surface area contributed by atoms with E-state index in [1.165, 1.54) is 0 Å². The molecule has 37 heavy (non-hydrogen) atoms. The molecule has 0 radical (unpaired) electrons. The van der Waals surface area contributed by atoms with Crippen LogP contribution in [0.3, 0.4) is 0 Å². The molecule has 4 saturated carbocycles. The molecule has 4 aliphatic rings. The third-order valence-corrected chi connectivity index (χ3v) is 15.1. The van der Waals surface area contributed by atoms with E-state index in [2.05, 4.69) is 36.4 Å². The summed E-state index contributed by atoms with van der Waals surface area (Å²) in [6, 6.07) is 30.2. The van der Waals surface area contributed by atoms with E-state index in [9.17, 15) is 13.0 Å². The van der Waals surface area contributed by atoms with Gasteiger partial charge in [-0.25, -0.2) is 17.2 Å². The van der Waals surface area contributed by atoms with E-state index < -0.39 is 40.1 Å². The zero-order chi connectivity index (χ0) is 25.9. The van der Waals surface area contributed by atoms with Crippen LogP contribution in [0.15, 0.2) is 91.0 Å². The van der Waals surface area contributed by atoms with E-state index in [1.54, 1.807) is 0 Å². The topological polar surface area (TPSA) is 57.2 Å². The van der Waals surface area contributed by atoms with Gasteiger partial charge in [0.1, 0.15) is 44.2 Å². The van der Waals surface area contributed by atoms with Crippen LogP contribution in [0.2, 0.25) is 0 Å². The predicted molar refractivity (Wildman–Crippen MR) is 144 cm³/mol. The van der Waals surface area contributed by atoms with E-state index in [0.29, 0.717) is 37.5 Å². The van der Waals surface area contributed by atoms with E-state index >= 15 is 8.78 Å². The molecule has 3 atom stereocenters. The molecule has 4 bridgehead atoms. The van der Waals surface area contributed by atoms with Crippen molar-refractivity contribution in [3.05, 3.63) is 91.0 Å². The highest BCUT2D eigenvalue weighted by Crippen LogP contribution is 2.80. The van der Waals surface area contributed by atoms with Crippen molar-refractivity contribution < 1.29 is 21.8 Å². The van der Waals surface area contributed by atoms with Gasteiger partial charge in [-0.05, 0) is 86.3 Å². The fourth-order valence-corrected chi connectivity index (χ4v) is 15.5. The van der Waals surface area contributed by atoms with Crippen molar-refractivity contribution in [2.45, 2.75) is 43.2 Å². The number of hydrogen-bond acceptors (Lipinski definition) is 3. The molecule has 0 heterocycles. The molecule has 0 spiro atoms. The largest absolute Gasteiger partial charge is 0.748 e. The van der Waals surface area contributed by atoms with Crippen molar-refractivity contribution in [3.8, 4) is 0 Å². The molecule has 3 aromatic rings. The molecule has 0 amide bonds. The summed E-state index contributed by atoms with van der Waals surface area (Å²) >= 11 is 0. The molecule has 0 saturated heterocycles. The smallest absolute Gasteiger partial charge is 0.267 e. The van der Waals surface area contributed by atoms with Crippen LogP contribution in [0.4, 0.5) is 8.78 Å². The Morgan fingerprint density at radius 1 is 0.757 bits per heavy atom. The summed E-state index contributed by atoms with van der Waals surface area (Å²) in [6.07, 6.45) is 3.69. The lowest BCUT2D eigenvalue weighted by molar-refractivity contribution is -0.142. The molecule has 0 N–H and O–H groups in total. The summed E-state index contributed by atoms with van der Waals surface area (Å²) < 4.78 is 68.3. The predicted octanol–water partition coefficient (Wildman–Crippen LogP) is 5.36. The second-order valence-corrected chi connectivity index (χ2v) is 16.5. The Kier molecular flexibility index (Phi) is 6.10. The van der Waals surface area contributed by atoms with Gasteiger partial charge in [0, 0.05) is 0 Å². The van der Waals surface area contributed by atoms with Crippen molar-refractivity contribution in [2.24, 2.45) is 23.7 Å². The maximum absolute atomic E-state index is 16.4. The first-order chi connectivity index (χ1) is 17.7. The molecule has 3 aromatic carbocycles. The van der Waals surface area contributed by atoms with Gasteiger partial charge in [0.15, 0.2) is 0 Å². The monoisotopic (exact) mass is 540 g/mol. The van der Waals surface area contributed by atoms with Crippen LogP contribution in [-0.4, -0.2) is 29.8 Å². The van der Waals surface area contributed by atoms with Crippen LogP contribution >= 0.6 is 7.26 Å². The molecular weight excluding hydrogens is 509 g/mol. The quantitative estimate of drug-likeness (QED) is 0.300. The number of halogens is 2. The summed E-state index contributed by atoms with van der Waals surface area (Å²) in [4.78, 5) is 0. The first kappa shape index (κ1) is 25.2. The molecule has 7 heteroatoms. The number of benzene rings is 3. The molecule has 3 nitrogen and oxygen atoms in total. The highest BCUT2D eigenvalue weighted by Gasteiger charge is 2.76. The Morgan fingerprint density at radius 3 is 1.54 bits per heavy atom. The molecule has 4 fully saturated rings. The van der Waals surface area contributed by atoms with E-state index in [1.807, 2.05) is 54.6 Å². The van der Waals surface area contributed by atoms with E-state index in [4.69, 9.17) is 0 Å². The summed E-state index contributed by atoms with van der Waals surface area (Å²) in [6.45, 7) is 0. The summed E-state index contributed by atoms with van der Waals surface area (Å²) in [5.41, 5.74) is 0. The molecular formula is C30H31F2O3PS. The second kappa shape index (κ2) is 8.97.